The number of carbonyl (C=O) groups excluding carboxylic acids is 1. The van der Waals surface area contributed by atoms with E-state index in [1.807, 2.05) is 30.0 Å². The molecule has 1 amide bonds. The molecule has 2 aliphatic rings. The minimum atomic E-state index is 0.118. The van der Waals surface area contributed by atoms with Gasteiger partial charge in [0.2, 0.25) is 5.91 Å². The van der Waals surface area contributed by atoms with Gasteiger partial charge in [0.05, 0.1) is 7.11 Å². The molecule has 0 radical (unpaired) electrons. The molecule has 31 heavy (non-hydrogen) atoms. The minimum absolute atomic E-state index is 0.118. The third-order valence-corrected chi connectivity index (χ3v) is 6.07. The lowest BCUT2D eigenvalue weighted by atomic mass is 10.1. The number of aromatic nitrogens is 2. The van der Waals surface area contributed by atoms with Gasteiger partial charge in [-0.25, -0.2) is 4.63 Å². The molecule has 9 heteroatoms. The van der Waals surface area contributed by atoms with Crippen LogP contribution >= 0.6 is 0 Å². The number of amides is 1. The van der Waals surface area contributed by atoms with Gasteiger partial charge in [0, 0.05) is 57.8 Å². The first-order valence-electron chi connectivity index (χ1n) is 10.9. The Balaban J connectivity index is 1.32. The smallest absolute Gasteiger partial charge is 0.223 e. The molecule has 1 aromatic carbocycles. The molecule has 0 N–H and O–H groups in total. The number of benzene rings is 1. The first kappa shape index (κ1) is 21.4. The summed E-state index contributed by atoms with van der Waals surface area (Å²) in [5.41, 5.74) is 1.89. The van der Waals surface area contributed by atoms with E-state index in [4.69, 9.17) is 14.1 Å². The summed E-state index contributed by atoms with van der Waals surface area (Å²) in [4.78, 5) is 19.3. The average Bonchev–Trinajstić information content (AvgIpc) is 3.14. The van der Waals surface area contributed by atoms with Gasteiger partial charge in [-0.1, -0.05) is 12.1 Å². The molecule has 1 atom stereocenters. The highest BCUT2D eigenvalue weighted by Gasteiger charge is 2.26. The zero-order valence-electron chi connectivity index (χ0n) is 18.5. The Bertz CT molecular complexity index is 894. The van der Waals surface area contributed by atoms with E-state index in [2.05, 4.69) is 27.0 Å². The van der Waals surface area contributed by atoms with Crippen molar-refractivity contribution in [2.24, 2.45) is 0 Å². The number of aryl methyl sites for hydroxylation is 1. The van der Waals surface area contributed by atoms with E-state index >= 15 is 0 Å². The van der Waals surface area contributed by atoms with Crippen molar-refractivity contribution in [2.75, 3.05) is 51.3 Å². The van der Waals surface area contributed by atoms with Gasteiger partial charge in [-0.15, -0.1) is 0 Å². The largest absolute Gasteiger partial charge is 0.497 e. The summed E-state index contributed by atoms with van der Waals surface area (Å²) >= 11 is 0. The van der Waals surface area contributed by atoms with Crippen LogP contribution in [0.3, 0.4) is 0 Å². The normalized spacial score (nSPS) is 19.5. The maximum atomic E-state index is 12.9. The summed E-state index contributed by atoms with van der Waals surface area (Å²) in [6.45, 7) is 9.14. The molecular weight excluding hydrogens is 398 g/mol. The van der Waals surface area contributed by atoms with Crippen molar-refractivity contribution < 1.29 is 18.9 Å². The summed E-state index contributed by atoms with van der Waals surface area (Å²) in [5, 5.41) is 7.81. The lowest BCUT2D eigenvalue weighted by molar-refractivity contribution is -0.131. The highest BCUT2D eigenvalue weighted by atomic mass is 16.6. The number of rotatable bonds is 6. The number of fused-ring (bicyclic) bond motifs is 1. The Kier molecular flexibility index (Phi) is 6.60. The molecule has 4 rings (SSSR count). The van der Waals surface area contributed by atoms with Crippen molar-refractivity contribution in [3.63, 3.8) is 0 Å². The average molecular weight is 430 g/mol. The fraction of sp³-hybridized carbons (Fsp3) is 0.591. The summed E-state index contributed by atoms with van der Waals surface area (Å²) in [6, 6.07) is 5.94. The Labute approximate surface area is 182 Å². The van der Waals surface area contributed by atoms with Crippen LogP contribution in [-0.4, -0.2) is 78.5 Å². The molecule has 0 saturated carbocycles. The van der Waals surface area contributed by atoms with E-state index in [1.54, 1.807) is 7.11 Å². The van der Waals surface area contributed by atoms with Crippen LogP contribution in [-0.2, 0) is 11.3 Å². The number of carbonyl (C=O) groups is 1. The highest BCUT2D eigenvalue weighted by Crippen LogP contribution is 2.29. The van der Waals surface area contributed by atoms with E-state index in [0.29, 0.717) is 26.1 Å². The molecule has 2 aliphatic heterocycles. The molecule has 0 unspecified atom stereocenters. The van der Waals surface area contributed by atoms with Gasteiger partial charge in [-0.05, 0) is 36.7 Å². The van der Waals surface area contributed by atoms with Crippen LogP contribution in [0.5, 0.6) is 11.5 Å². The van der Waals surface area contributed by atoms with Crippen molar-refractivity contribution in [3.05, 3.63) is 29.5 Å². The van der Waals surface area contributed by atoms with Crippen LogP contribution in [0.2, 0.25) is 0 Å². The first-order chi connectivity index (χ1) is 15.1. The molecule has 3 heterocycles. The van der Waals surface area contributed by atoms with Gasteiger partial charge in [0.1, 0.15) is 23.3 Å². The lowest BCUT2D eigenvalue weighted by Gasteiger charge is -2.35. The number of anilines is 1. The highest BCUT2D eigenvalue weighted by molar-refractivity contribution is 5.76. The number of nitrogens with zero attached hydrogens (tertiary/aromatic N) is 5. The fourth-order valence-corrected chi connectivity index (χ4v) is 4.21. The molecule has 1 saturated heterocycles. The van der Waals surface area contributed by atoms with Crippen LogP contribution in [0.15, 0.2) is 22.8 Å². The number of hydrogen-bond acceptors (Lipinski definition) is 8. The maximum Gasteiger partial charge on any atom is 0.223 e. The Morgan fingerprint density at radius 3 is 2.71 bits per heavy atom. The molecule has 0 spiro atoms. The Morgan fingerprint density at radius 2 is 2.03 bits per heavy atom. The summed E-state index contributed by atoms with van der Waals surface area (Å²) in [7, 11) is 1.67. The number of hydrogen-bond donors (Lipinski definition) is 0. The van der Waals surface area contributed by atoms with Crippen molar-refractivity contribution in [3.8, 4) is 11.5 Å². The third kappa shape index (κ3) is 4.92. The summed E-state index contributed by atoms with van der Waals surface area (Å²) < 4.78 is 16.4. The molecule has 2 aromatic rings. The van der Waals surface area contributed by atoms with Crippen LogP contribution < -0.4 is 14.4 Å². The van der Waals surface area contributed by atoms with Gasteiger partial charge >= 0.3 is 0 Å². The van der Waals surface area contributed by atoms with Crippen molar-refractivity contribution in [1.29, 1.82) is 0 Å². The lowest BCUT2D eigenvalue weighted by Crippen LogP contribution is -2.49. The topological polar surface area (TPSA) is 84.2 Å². The predicted octanol–water partition coefficient (Wildman–Crippen LogP) is 2.10. The number of piperazine rings is 1. The van der Waals surface area contributed by atoms with Gasteiger partial charge in [0.15, 0.2) is 5.82 Å². The van der Waals surface area contributed by atoms with Gasteiger partial charge < -0.3 is 19.3 Å². The molecule has 0 aliphatic carbocycles. The monoisotopic (exact) mass is 429 g/mol. The van der Waals surface area contributed by atoms with E-state index < -0.39 is 0 Å². The quantitative estimate of drug-likeness (QED) is 0.690. The van der Waals surface area contributed by atoms with Gasteiger partial charge in [-0.3, -0.25) is 9.69 Å². The SMILES string of the molecule is CC[C@H]1CN(CCC(=O)N2CCN(c3nonc3C)CC2)Cc2cc(OC)ccc2O1. The van der Waals surface area contributed by atoms with Crippen LogP contribution in [0.25, 0.3) is 0 Å². The Morgan fingerprint density at radius 1 is 1.23 bits per heavy atom. The zero-order valence-corrected chi connectivity index (χ0v) is 18.5. The molecule has 0 bridgehead atoms. The van der Waals surface area contributed by atoms with Gasteiger partial charge in [0.25, 0.3) is 0 Å². The van der Waals surface area contributed by atoms with Crippen LogP contribution in [0.4, 0.5) is 5.82 Å². The molecular formula is C22H31N5O4. The Hall–Kier alpha value is -2.81. The number of methoxy groups -OCH3 is 1. The zero-order chi connectivity index (χ0) is 21.8. The second-order valence-electron chi connectivity index (χ2n) is 8.15. The minimum Gasteiger partial charge on any atom is -0.497 e. The standard InChI is InChI=1S/C22H31N5O4/c1-4-18-15-25(14-17-13-19(29-3)5-6-20(17)30-18)8-7-21(28)26-9-11-27(12-10-26)22-16(2)23-31-24-22/h5-6,13,18H,4,7-12,14-15H2,1-3H3/t18-/m0/s1. The molecule has 9 nitrogen and oxygen atoms in total. The maximum absolute atomic E-state index is 12.9. The summed E-state index contributed by atoms with van der Waals surface area (Å²) in [6.07, 6.45) is 1.54. The van der Waals surface area contributed by atoms with Crippen molar-refractivity contribution >= 4 is 11.7 Å². The molecule has 168 valence electrons. The molecule has 1 aromatic heterocycles. The van der Waals surface area contributed by atoms with E-state index in [0.717, 1.165) is 61.2 Å². The predicted molar refractivity (Wildman–Crippen MR) is 115 cm³/mol. The van der Waals surface area contributed by atoms with Gasteiger partial charge in [-0.2, -0.15) is 0 Å². The first-order valence-corrected chi connectivity index (χ1v) is 10.9. The number of ether oxygens (including phenoxy) is 2. The van der Waals surface area contributed by atoms with Crippen molar-refractivity contribution in [1.82, 2.24) is 20.1 Å². The van der Waals surface area contributed by atoms with E-state index in [-0.39, 0.29) is 12.0 Å². The third-order valence-electron chi connectivity index (χ3n) is 6.07. The molecule has 1 fully saturated rings. The second kappa shape index (κ2) is 9.55. The van der Waals surface area contributed by atoms with Crippen LogP contribution in [0, 0.1) is 6.92 Å². The second-order valence-corrected chi connectivity index (χ2v) is 8.15. The van der Waals surface area contributed by atoms with E-state index in [1.165, 1.54) is 0 Å². The fourth-order valence-electron chi connectivity index (χ4n) is 4.21. The van der Waals surface area contributed by atoms with Crippen LogP contribution in [0.1, 0.15) is 31.0 Å². The summed E-state index contributed by atoms with van der Waals surface area (Å²) in [5.74, 6) is 2.70. The van der Waals surface area contributed by atoms with Crippen molar-refractivity contribution in [2.45, 2.75) is 39.3 Å². The van der Waals surface area contributed by atoms with E-state index in [9.17, 15) is 4.79 Å².